The lowest BCUT2D eigenvalue weighted by Gasteiger charge is -2.00. The number of rotatable bonds is 2. The summed E-state index contributed by atoms with van der Waals surface area (Å²) in [5.41, 5.74) is 0.630. The van der Waals surface area contributed by atoms with Crippen molar-refractivity contribution in [3.8, 4) is 0 Å². The van der Waals surface area contributed by atoms with Gasteiger partial charge in [0.2, 0.25) is 5.76 Å². The number of nitrogens with zero attached hydrogens (tertiary/aromatic N) is 3. The third-order valence-corrected chi connectivity index (χ3v) is 1.93. The molecule has 0 bridgehead atoms. The van der Waals surface area contributed by atoms with Gasteiger partial charge in [-0.1, -0.05) is 16.8 Å². The summed E-state index contributed by atoms with van der Waals surface area (Å²) in [6.45, 7) is 1.72. The zero-order chi connectivity index (χ0) is 11.5. The third kappa shape index (κ3) is 2.34. The smallest absolute Gasteiger partial charge is 0.295 e. The predicted octanol–water partition coefficient (Wildman–Crippen LogP) is 1.68. The zero-order valence-electron chi connectivity index (χ0n) is 8.27. The largest absolute Gasteiger partial charge is 0.351 e. The fourth-order valence-corrected chi connectivity index (χ4v) is 1.20. The van der Waals surface area contributed by atoms with E-state index in [1.165, 1.54) is 18.5 Å². The van der Waals surface area contributed by atoms with Gasteiger partial charge in [-0.2, -0.15) is 0 Å². The van der Waals surface area contributed by atoms with E-state index in [0.717, 1.165) is 0 Å². The Labute approximate surface area is 95.6 Å². The molecule has 16 heavy (non-hydrogen) atoms. The molecule has 0 aliphatic carbocycles. The van der Waals surface area contributed by atoms with Crippen LogP contribution < -0.4 is 5.32 Å². The molecular weight excluding hydrogens is 232 g/mol. The van der Waals surface area contributed by atoms with Crippen molar-refractivity contribution in [1.82, 2.24) is 15.1 Å². The minimum Gasteiger partial charge on any atom is -0.351 e. The highest BCUT2D eigenvalue weighted by atomic mass is 35.5. The van der Waals surface area contributed by atoms with Crippen molar-refractivity contribution in [2.75, 3.05) is 5.32 Å². The summed E-state index contributed by atoms with van der Waals surface area (Å²) >= 11 is 5.64. The highest BCUT2D eigenvalue weighted by Crippen LogP contribution is 2.10. The number of halogens is 1. The second-order valence-electron chi connectivity index (χ2n) is 3.01. The lowest BCUT2D eigenvalue weighted by atomic mass is 10.3. The van der Waals surface area contributed by atoms with E-state index < -0.39 is 5.91 Å². The Kier molecular flexibility index (Phi) is 2.82. The van der Waals surface area contributed by atoms with Crippen LogP contribution in [0.2, 0.25) is 5.15 Å². The number of nitrogens with one attached hydrogen (secondary N) is 1. The summed E-state index contributed by atoms with van der Waals surface area (Å²) in [4.78, 5) is 19.1. The van der Waals surface area contributed by atoms with Gasteiger partial charge in [0, 0.05) is 12.1 Å². The van der Waals surface area contributed by atoms with E-state index in [4.69, 9.17) is 16.1 Å². The van der Waals surface area contributed by atoms with Gasteiger partial charge in [-0.3, -0.25) is 4.79 Å². The van der Waals surface area contributed by atoms with Crippen molar-refractivity contribution in [1.29, 1.82) is 0 Å². The molecule has 6 nitrogen and oxygen atoms in total. The first kappa shape index (κ1) is 10.6. The number of hydrogen-bond acceptors (Lipinski definition) is 5. The van der Waals surface area contributed by atoms with Crippen molar-refractivity contribution in [2.24, 2.45) is 0 Å². The van der Waals surface area contributed by atoms with Gasteiger partial charge in [0.25, 0.3) is 5.91 Å². The summed E-state index contributed by atoms with van der Waals surface area (Å²) in [5.74, 6) is -0.0124. The summed E-state index contributed by atoms with van der Waals surface area (Å²) < 4.78 is 4.79. The maximum Gasteiger partial charge on any atom is 0.295 e. The van der Waals surface area contributed by atoms with Crippen molar-refractivity contribution in [3.63, 3.8) is 0 Å². The minimum atomic E-state index is -0.435. The summed E-state index contributed by atoms with van der Waals surface area (Å²) in [6.07, 6.45) is 1.25. The Bertz CT molecular complexity index is 526. The van der Waals surface area contributed by atoms with Gasteiger partial charge >= 0.3 is 0 Å². The number of aryl methyl sites for hydroxylation is 1. The molecule has 1 amide bonds. The first-order valence-corrected chi connectivity index (χ1v) is 4.75. The molecule has 0 aromatic carbocycles. The standard InChI is InChI=1S/C9H7ClN4O2/c1-5-2-6(16-14-5)9(15)13-8-3-7(10)11-4-12-8/h2-4H,1H3,(H,11,12,13,15). The van der Waals surface area contributed by atoms with Crippen LogP contribution in [0.25, 0.3) is 0 Å². The van der Waals surface area contributed by atoms with Crippen LogP contribution >= 0.6 is 11.6 Å². The summed E-state index contributed by atoms with van der Waals surface area (Å²) in [5, 5.41) is 6.36. The topological polar surface area (TPSA) is 80.9 Å². The molecule has 0 aliphatic rings. The molecular formula is C9H7ClN4O2. The fourth-order valence-electron chi connectivity index (χ4n) is 1.05. The maximum atomic E-state index is 11.6. The van der Waals surface area contributed by atoms with Crippen LogP contribution in [-0.4, -0.2) is 21.0 Å². The molecule has 2 rings (SSSR count). The lowest BCUT2D eigenvalue weighted by molar-refractivity contribution is 0.0987. The molecule has 0 unspecified atom stereocenters. The Morgan fingerprint density at radius 2 is 2.25 bits per heavy atom. The quantitative estimate of drug-likeness (QED) is 0.805. The zero-order valence-corrected chi connectivity index (χ0v) is 9.02. The SMILES string of the molecule is Cc1cc(C(=O)Nc2cc(Cl)ncn2)on1. The van der Waals surface area contributed by atoms with Crippen molar-refractivity contribution < 1.29 is 9.32 Å². The Balaban J connectivity index is 2.13. The molecule has 2 aromatic rings. The lowest BCUT2D eigenvalue weighted by Crippen LogP contribution is -2.12. The molecule has 2 heterocycles. The Hall–Kier alpha value is -1.95. The monoisotopic (exact) mass is 238 g/mol. The normalized spacial score (nSPS) is 10.1. The van der Waals surface area contributed by atoms with Crippen molar-refractivity contribution in [2.45, 2.75) is 6.92 Å². The predicted molar refractivity (Wildman–Crippen MR) is 56.2 cm³/mol. The van der Waals surface area contributed by atoms with Gasteiger partial charge in [0.15, 0.2) is 0 Å². The molecule has 2 aromatic heterocycles. The van der Waals surface area contributed by atoms with Gasteiger partial charge in [0.1, 0.15) is 17.3 Å². The fraction of sp³-hybridized carbons (Fsp3) is 0.111. The third-order valence-electron chi connectivity index (χ3n) is 1.73. The van der Waals surface area contributed by atoms with Crippen LogP contribution in [0, 0.1) is 6.92 Å². The molecule has 0 atom stereocenters. The molecule has 0 fully saturated rings. The molecule has 0 spiro atoms. The molecule has 0 saturated heterocycles. The summed E-state index contributed by atoms with van der Waals surface area (Å²) in [6, 6.07) is 2.96. The van der Waals surface area contributed by atoms with Crippen molar-refractivity contribution >= 4 is 23.3 Å². The average molecular weight is 239 g/mol. The van der Waals surface area contributed by atoms with E-state index in [2.05, 4.69) is 20.4 Å². The van der Waals surface area contributed by atoms with Crippen LogP contribution in [0.15, 0.2) is 23.0 Å². The van der Waals surface area contributed by atoms with E-state index >= 15 is 0 Å². The van der Waals surface area contributed by atoms with Gasteiger partial charge < -0.3 is 9.84 Å². The molecule has 82 valence electrons. The van der Waals surface area contributed by atoms with E-state index in [1.54, 1.807) is 6.92 Å². The average Bonchev–Trinajstić information content (AvgIpc) is 2.65. The second kappa shape index (κ2) is 4.28. The molecule has 1 N–H and O–H groups in total. The highest BCUT2D eigenvalue weighted by molar-refractivity contribution is 6.29. The number of anilines is 1. The van der Waals surface area contributed by atoms with Gasteiger partial charge in [-0.05, 0) is 6.92 Å². The van der Waals surface area contributed by atoms with E-state index in [0.29, 0.717) is 11.5 Å². The maximum absolute atomic E-state index is 11.6. The number of aromatic nitrogens is 3. The number of hydrogen-bond donors (Lipinski definition) is 1. The van der Waals surface area contributed by atoms with Crippen molar-refractivity contribution in [3.05, 3.63) is 35.1 Å². The highest BCUT2D eigenvalue weighted by Gasteiger charge is 2.12. The van der Waals surface area contributed by atoms with Gasteiger partial charge in [-0.15, -0.1) is 0 Å². The van der Waals surface area contributed by atoms with Crippen LogP contribution in [0.3, 0.4) is 0 Å². The van der Waals surface area contributed by atoms with Crippen LogP contribution in [0.5, 0.6) is 0 Å². The number of carbonyl (C=O) groups is 1. The Morgan fingerprint density at radius 1 is 1.44 bits per heavy atom. The molecule has 0 aliphatic heterocycles. The van der Waals surface area contributed by atoms with E-state index in [1.807, 2.05) is 0 Å². The molecule has 0 radical (unpaired) electrons. The second-order valence-corrected chi connectivity index (χ2v) is 3.40. The number of amides is 1. The molecule has 0 saturated carbocycles. The van der Waals surface area contributed by atoms with E-state index in [9.17, 15) is 4.79 Å². The van der Waals surface area contributed by atoms with Gasteiger partial charge in [-0.25, -0.2) is 9.97 Å². The van der Waals surface area contributed by atoms with Crippen LogP contribution in [0.4, 0.5) is 5.82 Å². The first-order chi connectivity index (χ1) is 7.65. The summed E-state index contributed by atoms with van der Waals surface area (Å²) in [7, 11) is 0. The number of carbonyl (C=O) groups excluding carboxylic acids is 1. The first-order valence-electron chi connectivity index (χ1n) is 4.37. The Morgan fingerprint density at radius 3 is 2.88 bits per heavy atom. The van der Waals surface area contributed by atoms with Crippen LogP contribution in [-0.2, 0) is 0 Å². The van der Waals surface area contributed by atoms with Crippen LogP contribution in [0.1, 0.15) is 16.2 Å². The molecule has 7 heteroatoms. The minimum absolute atomic E-state index is 0.118. The van der Waals surface area contributed by atoms with E-state index in [-0.39, 0.29) is 10.9 Å². The van der Waals surface area contributed by atoms with Gasteiger partial charge in [0.05, 0.1) is 5.69 Å².